The number of carboxylic acids is 1. The largest absolute Gasteiger partial charge is 0.480 e. The van der Waals surface area contributed by atoms with E-state index in [-0.39, 0.29) is 5.78 Å². The summed E-state index contributed by atoms with van der Waals surface area (Å²) in [4.78, 5) is 22.9. The molecule has 2 atom stereocenters. The highest BCUT2D eigenvalue weighted by atomic mass is 16.4. The molecule has 1 aliphatic rings. The fourth-order valence-electron chi connectivity index (χ4n) is 2.37. The minimum Gasteiger partial charge on any atom is -0.480 e. The van der Waals surface area contributed by atoms with Crippen LogP contribution in [0.1, 0.15) is 45.4 Å². The minimum absolute atomic E-state index is 0.0274. The van der Waals surface area contributed by atoms with Crippen molar-refractivity contribution in [3.05, 3.63) is 0 Å². The van der Waals surface area contributed by atoms with E-state index in [0.717, 1.165) is 12.8 Å². The lowest BCUT2D eigenvalue weighted by Gasteiger charge is -2.34. The molecule has 4 nitrogen and oxygen atoms in total. The molecule has 3 N–H and O–H groups in total. The Labute approximate surface area is 89.8 Å². The van der Waals surface area contributed by atoms with E-state index in [1.54, 1.807) is 0 Å². The molecular formula is C11H19NO3. The van der Waals surface area contributed by atoms with Crippen LogP contribution in [0.2, 0.25) is 0 Å². The number of carboxylic acid groups (broad SMARTS) is 1. The van der Waals surface area contributed by atoms with Crippen molar-refractivity contribution in [2.24, 2.45) is 11.7 Å². The van der Waals surface area contributed by atoms with Gasteiger partial charge in [0, 0.05) is 12.3 Å². The molecule has 1 rings (SSSR count). The van der Waals surface area contributed by atoms with Crippen molar-refractivity contribution in [2.45, 2.75) is 51.0 Å². The molecule has 0 radical (unpaired) electrons. The Morgan fingerprint density at radius 2 is 2.27 bits per heavy atom. The van der Waals surface area contributed by atoms with Gasteiger partial charge in [0.1, 0.15) is 11.3 Å². The zero-order chi connectivity index (χ0) is 11.5. The van der Waals surface area contributed by atoms with E-state index in [1.165, 1.54) is 0 Å². The molecule has 0 heterocycles. The Hall–Kier alpha value is -0.900. The van der Waals surface area contributed by atoms with Gasteiger partial charge in [-0.05, 0) is 19.3 Å². The third-order valence-corrected chi connectivity index (χ3v) is 3.24. The van der Waals surface area contributed by atoms with E-state index in [9.17, 15) is 9.59 Å². The van der Waals surface area contributed by atoms with Crippen molar-refractivity contribution in [1.29, 1.82) is 0 Å². The quantitative estimate of drug-likeness (QED) is 0.738. The first-order chi connectivity index (χ1) is 7.02. The second kappa shape index (κ2) is 4.75. The number of rotatable bonds is 4. The number of carbonyl (C=O) groups is 2. The molecule has 0 aromatic rings. The predicted octanol–water partition coefficient (Wildman–Crippen LogP) is 1.33. The number of ketones is 1. The highest BCUT2D eigenvalue weighted by molar-refractivity contribution is 5.91. The summed E-state index contributed by atoms with van der Waals surface area (Å²) in [7, 11) is 0. The fourth-order valence-corrected chi connectivity index (χ4v) is 2.37. The van der Waals surface area contributed by atoms with Crippen molar-refractivity contribution in [2.75, 3.05) is 0 Å². The molecule has 0 aromatic carbocycles. The van der Waals surface area contributed by atoms with E-state index in [0.29, 0.717) is 25.7 Å². The summed E-state index contributed by atoms with van der Waals surface area (Å²) in [5, 5.41) is 9.16. The first kappa shape index (κ1) is 12.2. The van der Waals surface area contributed by atoms with E-state index < -0.39 is 17.4 Å². The molecule has 4 heteroatoms. The maximum absolute atomic E-state index is 11.7. The number of Topliss-reactive ketones (excluding diaryl/α,β-unsaturated/α-hetero) is 1. The summed E-state index contributed by atoms with van der Waals surface area (Å²) in [6.07, 6.45) is 3.96. The van der Waals surface area contributed by atoms with E-state index in [1.807, 2.05) is 6.92 Å². The van der Waals surface area contributed by atoms with Crippen molar-refractivity contribution in [1.82, 2.24) is 0 Å². The summed E-state index contributed by atoms with van der Waals surface area (Å²) < 4.78 is 0. The summed E-state index contributed by atoms with van der Waals surface area (Å²) in [6.45, 7) is 1.89. The molecule has 0 spiro atoms. The molecule has 1 fully saturated rings. The number of hydrogen-bond acceptors (Lipinski definition) is 3. The summed E-state index contributed by atoms with van der Waals surface area (Å²) in [5.74, 6) is -1.49. The van der Waals surface area contributed by atoms with Gasteiger partial charge in [0.2, 0.25) is 0 Å². The second-order valence-electron chi connectivity index (χ2n) is 4.36. The molecule has 0 aliphatic heterocycles. The molecule has 15 heavy (non-hydrogen) atoms. The van der Waals surface area contributed by atoms with Gasteiger partial charge in [-0.25, -0.2) is 0 Å². The highest BCUT2D eigenvalue weighted by Gasteiger charge is 2.45. The molecule has 1 saturated carbocycles. The van der Waals surface area contributed by atoms with Crippen molar-refractivity contribution in [3.63, 3.8) is 0 Å². The molecule has 1 unspecified atom stereocenters. The van der Waals surface area contributed by atoms with Gasteiger partial charge in [-0.3, -0.25) is 9.59 Å². The van der Waals surface area contributed by atoms with Gasteiger partial charge >= 0.3 is 5.97 Å². The topological polar surface area (TPSA) is 80.4 Å². The average Bonchev–Trinajstić information content (AvgIpc) is 2.18. The lowest BCUT2D eigenvalue weighted by molar-refractivity contribution is -0.150. The Morgan fingerprint density at radius 3 is 2.73 bits per heavy atom. The van der Waals surface area contributed by atoms with Crippen molar-refractivity contribution in [3.8, 4) is 0 Å². The van der Waals surface area contributed by atoms with Gasteiger partial charge in [-0.2, -0.15) is 0 Å². The fraction of sp³-hybridized carbons (Fsp3) is 0.818. The molecule has 0 bridgehead atoms. The van der Waals surface area contributed by atoms with Crippen LogP contribution in [0.15, 0.2) is 0 Å². The van der Waals surface area contributed by atoms with Crippen LogP contribution >= 0.6 is 0 Å². The van der Waals surface area contributed by atoms with Crippen molar-refractivity contribution < 1.29 is 14.7 Å². The molecular weight excluding hydrogens is 194 g/mol. The van der Waals surface area contributed by atoms with Gasteiger partial charge in [0.25, 0.3) is 0 Å². The van der Waals surface area contributed by atoms with Gasteiger partial charge in [0.05, 0.1) is 0 Å². The predicted molar refractivity (Wildman–Crippen MR) is 56.4 cm³/mol. The van der Waals surface area contributed by atoms with Gasteiger partial charge in [-0.1, -0.05) is 19.8 Å². The SMILES string of the molecule is CCC[C@](N)(C(=O)O)C1CCCCC1=O. The smallest absolute Gasteiger partial charge is 0.324 e. The average molecular weight is 213 g/mol. The normalized spacial score (nSPS) is 26.0. The Kier molecular flexibility index (Phi) is 3.85. The second-order valence-corrected chi connectivity index (χ2v) is 4.36. The maximum Gasteiger partial charge on any atom is 0.324 e. The summed E-state index contributed by atoms with van der Waals surface area (Å²) in [6, 6.07) is 0. The monoisotopic (exact) mass is 213 g/mol. The highest BCUT2D eigenvalue weighted by Crippen LogP contribution is 2.31. The van der Waals surface area contributed by atoms with E-state index in [4.69, 9.17) is 10.8 Å². The van der Waals surface area contributed by atoms with Gasteiger partial charge in [0.15, 0.2) is 0 Å². The van der Waals surface area contributed by atoms with Crippen LogP contribution in [0.4, 0.5) is 0 Å². The lowest BCUT2D eigenvalue weighted by Crippen LogP contribution is -2.57. The Balaban J connectivity index is 2.87. The number of carbonyl (C=O) groups excluding carboxylic acids is 1. The first-order valence-electron chi connectivity index (χ1n) is 5.57. The third-order valence-electron chi connectivity index (χ3n) is 3.24. The van der Waals surface area contributed by atoms with E-state index in [2.05, 4.69) is 0 Å². The van der Waals surface area contributed by atoms with Crippen LogP contribution in [0.5, 0.6) is 0 Å². The van der Waals surface area contributed by atoms with Crippen LogP contribution in [0.25, 0.3) is 0 Å². The summed E-state index contributed by atoms with van der Waals surface area (Å²) in [5.41, 5.74) is 4.56. The first-order valence-corrected chi connectivity index (χ1v) is 5.57. The third kappa shape index (κ3) is 2.37. The Morgan fingerprint density at radius 1 is 1.60 bits per heavy atom. The van der Waals surface area contributed by atoms with Gasteiger partial charge < -0.3 is 10.8 Å². The Bertz CT molecular complexity index is 265. The lowest BCUT2D eigenvalue weighted by atomic mass is 9.72. The summed E-state index contributed by atoms with van der Waals surface area (Å²) >= 11 is 0. The molecule has 0 saturated heterocycles. The number of hydrogen-bond donors (Lipinski definition) is 2. The molecule has 86 valence electrons. The van der Waals surface area contributed by atoms with Crippen LogP contribution in [0.3, 0.4) is 0 Å². The van der Waals surface area contributed by atoms with Crippen molar-refractivity contribution >= 4 is 11.8 Å². The zero-order valence-corrected chi connectivity index (χ0v) is 9.16. The zero-order valence-electron chi connectivity index (χ0n) is 9.16. The van der Waals surface area contributed by atoms with Crippen LogP contribution in [-0.4, -0.2) is 22.4 Å². The maximum atomic E-state index is 11.7. The molecule has 1 aliphatic carbocycles. The van der Waals surface area contributed by atoms with Crippen LogP contribution < -0.4 is 5.73 Å². The minimum atomic E-state index is -1.34. The van der Waals surface area contributed by atoms with Crippen LogP contribution in [0, 0.1) is 5.92 Å². The van der Waals surface area contributed by atoms with E-state index >= 15 is 0 Å². The standard InChI is InChI=1S/C11H19NO3/c1-2-7-11(12,10(14)15)8-5-3-4-6-9(8)13/h8H,2-7,12H2,1H3,(H,14,15)/t8?,11-/m1/s1. The molecule has 0 amide bonds. The molecule has 0 aromatic heterocycles. The van der Waals surface area contributed by atoms with Crippen LogP contribution in [-0.2, 0) is 9.59 Å². The number of aliphatic carboxylic acids is 1. The number of nitrogens with two attached hydrogens (primary N) is 1. The van der Waals surface area contributed by atoms with Gasteiger partial charge in [-0.15, -0.1) is 0 Å².